The summed E-state index contributed by atoms with van der Waals surface area (Å²) in [6.07, 6.45) is 0. The van der Waals surface area contributed by atoms with Gasteiger partial charge in [-0.1, -0.05) is 84.6 Å². The normalized spacial score (nSPS) is 11.7. The molecule has 1 atom stereocenters. The van der Waals surface area contributed by atoms with Gasteiger partial charge in [-0.3, -0.25) is 4.79 Å². The number of thioether (sulfide) groups is 1. The van der Waals surface area contributed by atoms with Crippen LogP contribution in [0.25, 0.3) is 5.69 Å². The number of carbonyl (C=O) groups excluding carboxylic acids is 1. The largest absolute Gasteiger partial charge is 0.494 e. The lowest BCUT2D eigenvalue weighted by Gasteiger charge is -2.26. The maximum absolute atomic E-state index is 13.6. The minimum absolute atomic E-state index is 0.0160. The van der Waals surface area contributed by atoms with E-state index in [9.17, 15) is 4.79 Å². The van der Waals surface area contributed by atoms with E-state index in [1.54, 1.807) is 11.8 Å². The molecule has 0 aliphatic rings. The Kier molecular flexibility index (Phi) is 7.36. The summed E-state index contributed by atoms with van der Waals surface area (Å²) < 4.78 is 7.05. The number of benzene rings is 3. The molecule has 0 bridgehead atoms. The fourth-order valence-corrected chi connectivity index (χ4v) is 4.38. The molecule has 1 heterocycles. The first kappa shape index (κ1) is 22.5. The van der Waals surface area contributed by atoms with Gasteiger partial charge in [0.05, 0.1) is 12.4 Å². The lowest BCUT2D eigenvalue weighted by atomic mass is 10.1. The minimum Gasteiger partial charge on any atom is -0.494 e. The van der Waals surface area contributed by atoms with Crippen LogP contribution in [0, 0.1) is 0 Å². The van der Waals surface area contributed by atoms with Crippen molar-refractivity contribution >= 4 is 17.7 Å². The highest BCUT2D eigenvalue weighted by molar-refractivity contribution is 8.00. The molecule has 168 valence electrons. The van der Waals surface area contributed by atoms with Crippen molar-refractivity contribution in [3.05, 3.63) is 96.1 Å². The lowest BCUT2D eigenvalue weighted by molar-refractivity contribution is -0.131. The van der Waals surface area contributed by atoms with Gasteiger partial charge in [0.25, 0.3) is 0 Å². The molecule has 0 saturated heterocycles. The molecule has 1 unspecified atom stereocenters. The summed E-state index contributed by atoms with van der Waals surface area (Å²) >= 11 is 1.33. The van der Waals surface area contributed by atoms with E-state index in [4.69, 9.17) is 4.74 Å². The molecule has 7 nitrogen and oxygen atoms in total. The Balaban J connectivity index is 1.55. The molecule has 0 aliphatic carbocycles. The third kappa shape index (κ3) is 5.59. The molecule has 0 fully saturated rings. The second-order valence-electron chi connectivity index (χ2n) is 7.47. The van der Waals surface area contributed by atoms with Gasteiger partial charge in [-0.2, -0.15) is 4.68 Å². The van der Waals surface area contributed by atoms with Crippen LogP contribution in [0.1, 0.15) is 18.1 Å². The van der Waals surface area contributed by atoms with Gasteiger partial charge in [0, 0.05) is 13.1 Å². The Bertz CT molecular complexity index is 1140. The highest BCUT2D eigenvalue weighted by Gasteiger charge is 2.25. The highest BCUT2D eigenvalue weighted by Crippen LogP contribution is 2.29. The van der Waals surface area contributed by atoms with Crippen LogP contribution in [0.15, 0.2) is 90.1 Å². The van der Waals surface area contributed by atoms with Gasteiger partial charge in [-0.15, -0.1) is 5.10 Å². The van der Waals surface area contributed by atoms with Gasteiger partial charge < -0.3 is 9.64 Å². The van der Waals surface area contributed by atoms with Crippen LogP contribution in [0.4, 0.5) is 0 Å². The quantitative estimate of drug-likeness (QED) is 0.346. The Morgan fingerprint density at radius 2 is 1.52 bits per heavy atom. The number of ether oxygens (including phenoxy) is 1. The third-order valence-corrected chi connectivity index (χ3v) is 6.15. The molecule has 3 aromatic carbocycles. The summed E-state index contributed by atoms with van der Waals surface area (Å²) in [6, 6.07) is 27.5. The molecule has 8 heteroatoms. The maximum atomic E-state index is 13.6. The number of hydrogen-bond acceptors (Lipinski definition) is 6. The van der Waals surface area contributed by atoms with Crippen molar-refractivity contribution in [1.29, 1.82) is 0 Å². The zero-order valence-corrected chi connectivity index (χ0v) is 19.4. The van der Waals surface area contributed by atoms with Gasteiger partial charge in [0.1, 0.15) is 11.4 Å². The smallest absolute Gasteiger partial charge is 0.236 e. The van der Waals surface area contributed by atoms with Gasteiger partial charge in [0.2, 0.25) is 11.1 Å². The number of methoxy groups -OCH3 is 1. The second-order valence-corrected chi connectivity index (χ2v) is 8.78. The average Bonchev–Trinajstić information content (AvgIpc) is 3.32. The maximum Gasteiger partial charge on any atom is 0.236 e. The fourth-order valence-electron chi connectivity index (χ4n) is 3.49. The van der Waals surface area contributed by atoms with Crippen molar-refractivity contribution in [3.63, 3.8) is 0 Å². The summed E-state index contributed by atoms with van der Waals surface area (Å²) in [7, 11) is 1.60. The Morgan fingerprint density at radius 3 is 2.12 bits per heavy atom. The molecular formula is C25H25N5O2S. The summed E-state index contributed by atoms with van der Waals surface area (Å²) in [5.74, 6) is 0.669. The number of rotatable bonds is 9. The zero-order chi connectivity index (χ0) is 23.0. The summed E-state index contributed by atoms with van der Waals surface area (Å²) in [5.41, 5.74) is 2.88. The predicted octanol–water partition coefficient (Wildman–Crippen LogP) is 4.38. The van der Waals surface area contributed by atoms with E-state index < -0.39 is 5.25 Å². The molecular weight excluding hydrogens is 434 g/mol. The van der Waals surface area contributed by atoms with Gasteiger partial charge >= 0.3 is 0 Å². The van der Waals surface area contributed by atoms with E-state index in [0.717, 1.165) is 16.8 Å². The highest BCUT2D eigenvalue weighted by atomic mass is 32.2. The van der Waals surface area contributed by atoms with Gasteiger partial charge in [-0.25, -0.2) is 0 Å². The van der Waals surface area contributed by atoms with Crippen LogP contribution in [0.2, 0.25) is 0 Å². The number of hydrogen-bond donors (Lipinski definition) is 0. The van der Waals surface area contributed by atoms with E-state index in [1.807, 2.05) is 96.8 Å². The molecule has 0 radical (unpaired) electrons. The molecule has 4 rings (SSSR count). The van der Waals surface area contributed by atoms with Crippen LogP contribution in [0.5, 0.6) is 5.75 Å². The zero-order valence-electron chi connectivity index (χ0n) is 18.5. The van der Waals surface area contributed by atoms with E-state index in [0.29, 0.717) is 24.0 Å². The number of para-hydroxylation sites is 2. The number of amides is 1. The topological polar surface area (TPSA) is 73.1 Å². The minimum atomic E-state index is -0.392. The SMILES string of the molecule is COc1ccccc1-n1nnnc1SC(C)C(=O)N(Cc1ccccc1)Cc1ccccc1. The van der Waals surface area contributed by atoms with E-state index in [1.165, 1.54) is 11.8 Å². The molecule has 1 aromatic heterocycles. The number of nitrogens with zero attached hydrogens (tertiary/aromatic N) is 5. The summed E-state index contributed by atoms with van der Waals surface area (Å²) in [5, 5.41) is 12.2. The van der Waals surface area contributed by atoms with Crippen molar-refractivity contribution in [2.45, 2.75) is 30.4 Å². The van der Waals surface area contributed by atoms with Crippen LogP contribution in [0.3, 0.4) is 0 Å². The third-order valence-electron chi connectivity index (χ3n) is 5.13. The molecule has 4 aromatic rings. The molecule has 0 aliphatic heterocycles. The van der Waals surface area contributed by atoms with Gasteiger partial charge in [0.15, 0.2) is 0 Å². The Morgan fingerprint density at radius 1 is 0.939 bits per heavy atom. The standard InChI is InChI=1S/C25H25N5O2S/c1-19(33-25-26-27-28-30(25)22-15-9-10-16-23(22)32-2)24(31)29(17-20-11-5-3-6-12-20)18-21-13-7-4-8-14-21/h3-16,19H,17-18H2,1-2H3. The van der Waals surface area contributed by atoms with Crippen molar-refractivity contribution in [2.75, 3.05) is 7.11 Å². The van der Waals surface area contributed by atoms with Crippen molar-refractivity contribution < 1.29 is 9.53 Å². The number of carbonyl (C=O) groups is 1. The van der Waals surface area contributed by atoms with Crippen LogP contribution >= 0.6 is 11.8 Å². The first-order chi connectivity index (χ1) is 16.2. The predicted molar refractivity (Wildman–Crippen MR) is 128 cm³/mol. The van der Waals surface area contributed by atoms with Crippen molar-refractivity contribution in [1.82, 2.24) is 25.1 Å². The first-order valence-corrected chi connectivity index (χ1v) is 11.5. The van der Waals surface area contributed by atoms with Crippen molar-refractivity contribution in [3.8, 4) is 11.4 Å². The monoisotopic (exact) mass is 459 g/mol. The average molecular weight is 460 g/mol. The summed E-state index contributed by atoms with van der Waals surface area (Å²) in [6.45, 7) is 2.94. The molecule has 0 saturated carbocycles. The van der Waals surface area contributed by atoms with Crippen LogP contribution < -0.4 is 4.74 Å². The molecule has 0 spiro atoms. The van der Waals surface area contributed by atoms with Crippen molar-refractivity contribution in [2.24, 2.45) is 0 Å². The first-order valence-electron chi connectivity index (χ1n) is 10.6. The number of tetrazole rings is 1. The van der Waals surface area contributed by atoms with Crippen LogP contribution in [-0.4, -0.2) is 43.4 Å². The molecule has 0 N–H and O–H groups in total. The fraction of sp³-hybridized carbons (Fsp3) is 0.200. The number of aromatic nitrogens is 4. The molecule has 1 amide bonds. The van der Waals surface area contributed by atoms with Gasteiger partial charge in [-0.05, 0) is 40.6 Å². The Labute approximate surface area is 197 Å². The van der Waals surface area contributed by atoms with E-state index >= 15 is 0 Å². The van der Waals surface area contributed by atoms with E-state index in [-0.39, 0.29) is 5.91 Å². The lowest BCUT2D eigenvalue weighted by Crippen LogP contribution is -2.35. The molecule has 33 heavy (non-hydrogen) atoms. The summed E-state index contributed by atoms with van der Waals surface area (Å²) in [4.78, 5) is 15.4. The van der Waals surface area contributed by atoms with E-state index in [2.05, 4.69) is 15.5 Å². The second kappa shape index (κ2) is 10.8. The Hall–Kier alpha value is -3.65. The van der Waals surface area contributed by atoms with Crippen LogP contribution in [-0.2, 0) is 17.9 Å².